The third-order valence-corrected chi connectivity index (χ3v) is 5.96. The van der Waals surface area contributed by atoms with E-state index in [9.17, 15) is 23.1 Å². The van der Waals surface area contributed by atoms with Gasteiger partial charge in [-0.25, -0.2) is 0 Å². The standard InChI is InChI=1S/C23H21ClF3NO4/c1-13-11-14(5-7-17(13)24)31-21-19(30)15-6-8-18(29)16(12-28-9-3-2-4-10-28)20(15)32-22(21)23(25,26)27/h5-8,11,29H,2-4,9-10,12H2,1H3. The summed E-state index contributed by atoms with van der Waals surface area (Å²) in [6.07, 6.45) is -1.99. The minimum atomic E-state index is -4.99. The Labute approximate surface area is 187 Å². The number of alkyl halides is 3. The molecule has 2 aromatic carbocycles. The lowest BCUT2D eigenvalue weighted by atomic mass is 10.1. The maximum atomic E-state index is 13.9. The summed E-state index contributed by atoms with van der Waals surface area (Å²) < 4.78 is 52.3. The van der Waals surface area contributed by atoms with Crippen molar-refractivity contribution in [3.63, 3.8) is 0 Å². The topological polar surface area (TPSA) is 62.9 Å². The van der Waals surface area contributed by atoms with Gasteiger partial charge < -0.3 is 14.3 Å². The van der Waals surface area contributed by atoms with Crippen molar-refractivity contribution in [3.8, 4) is 17.2 Å². The number of halogens is 4. The Morgan fingerprint density at radius 2 is 1.88 bits per heavy atom. The van der Waals surface area contributed by atoms with Crippen LogP contribution in [0, 0.1) is 6.92 Å². The predicted molar refractivity (Wildman–Crippen MR) is 115 cm³/mol. The Balaban J connectivity index is 1.87. The summed E-state index contributed by atoms with van der Waals surface area (Å²) in [5, 5.41) is 10.7. The first kappa shape index (κ1) is 22.5. The number of ether oxygens (including phenoxy) is 1. The van der Waals surface area contributed by atoms with Gasteiger partial charge >= 0.3 is 6.18 Å². The number of benzene rings is 2. The quantitative estimate of drug-likeness (QED) is 0.491. The average molecular weight is 468 g/mol. The lowest BCUT2D eigenvalue weighted by Crippen LogP contribution is -2.29. The molecule has 1 aliphatic heterocycles. The third kappa shape index (κ3) is 4.42. The van der Waals surface area contributed by atoms with Gasteiger partial charge in [-0.05, 0) is 68.8 Å². The van der Waals surface area contributed by atoms with Gasteiger partial charge in [-0.1, -0.05) is 18.0 Å². The Morgan fingerprint density at radius 3 is 2.53 bits per heavy atom. The third-order valence-electron chi connectivity index (χ3n) is 5.53. The fourth-order valence-corrected chi connectivity index (χ4v) is 3.98. The summed E-state index contributed by atoms with van der Waals surface area (Å²) in [7, 11) is 0. The number of rotatable bonds is 4. The molecule has 170 valence electrons. The van der Waals surface area contributed by atoms with Gasteiger partial charge in [-0.3, -0.25) is 9.69 Å². The van der Waals surface area contributed by atoms with E-state index in [1.807, 2.05) is 4.90 Å². The van der Waals surface area contributed by atoms with Gasteiger partial charge in [0.15, 0.2) is 0 Å². The van der Waals surface area contributed by atoms with Crippen LogP contribution in [0.25, 0.3) is 11.0 Å². The first-order valence-electron chi connectivity index (χ1n) is 10.2. The van der Waals surface area contributed by atoms with Crippen molar-refractivity contribution >= 4 is 22.6 Å². The molecule has 1 N–H and O–H groups in total. The first-order chi connectivity index (χ1) is 15.1. The molecule has 9 heteroatoms. The predicted octanol–water partition coefficient (Wildman–Crippen LogP) is 6.26. The summed E-state index contributed by atoms with van der Waals surface area (Å²) in [5.74, 6) is -2.70. The molecule has 1 aromatic heterocycles. The van der Waals surface area contributed by atoms with Crippen molar-refractivity contribution in [3.05, 3.63) is 62.5 Å². The smallest absolute Gasteiger partial charge is 0.453 e. The van der Waals surface area contributed by atoms with Crippen LogP contribution in [-0.4, -0.2) is 23.1 Å². The number of hydrogen-bond acceptors (Lipinski definition) is 5. The normalized spacial score (nSPS) is 15.3. The number of nitrogens with zero attached hydrogens (tertiary/aromatic N) is 1. The molecule has 0 saturated carbocycles. The lowest BCUT2D eigenvalue weighted by Gasteiger charge is -2.27. The molecule has 0 aliphatic carbocycles. The van der Waals surface area contributed by atoms with E-state index in [-0.39, 0.29) is 34.6 Å². The zero-order valence-electron chi connectivity index (χ0n) is 17.3. The van der Waals surface area contributed by atoms with Crippen molar-refractivity contribution in [2.75, 3.05) is 13.1 Å². The Morgan fingerprint density at radius 1 is 1.16 bits per heavy atom. The van der Waals surface area contributed by atoms with Crippen LogP contribution in [0.4, 0.5) is 13.2 Å². The number of phenolic OH excluding ortho intramolecular Hbond substituents is 1. The summed E-state index contributed by atoms with van der Waals surface area (Å²) >= 11 is 5.97. The molecule has 3 aromatic rings. The molecule has 0 bridgehead atoms. The summed E-state index contributed by atoms with van der Waals surface area (Å²) in [6.45, 7) is 3.35. The van der Waals surface area contributed by atoms with Gasteiger partial charge in [0.05, 0.1) is 10.9 Å². The van der Waals surface area contributed by atoms with E-state index in [0.29, 0.717) is 10.6 Å². The van der Waals surface area contributed by atoms with Gasteiger partial charge in [-0.2, -0.15) is 13.2 Å². The number of phenols is 1. The van der Waals surface area contributed by atoms with Gasteiger partial charge in [0.25, 0.3) is 5.76 Å². The summed E-state index contributed by atoms with van der Waals surface area (Å²) in [4.78, 5) is 15.1. The minimum absolute atomic E-state index is 0.0244. The highest BCUT2D eigenvalue weighted by molar-refractivity contribution is 6.31. The average Bonchev–Trinajstić information content (AvgIpc) is 2.74. The second-order valence-electron chi connectivity index (χ2n) is 7.88. The first-order valence-corrected chi connectivity index (χ1v) is 10.6. The van der Waals surface area contributed by atoms with Crippen LogP contribution in [0.15, 0.2) is 39.5 Å². The molecule has 4 rings (SSSR count). The lowest BCUT2D eigenvalue weighted by molar-refractivity contribution is -0.154. The molecule has 32 heavy (non-hydrogen) atoms. The highest BCUT2D eigenvalue weighted by atomic mass is 35.5. The fraction of sp³-hybridized carbons (Fsp3) is 0.348. The van der Waals surface area contributed by atoms with Crippen LogP contribution in [-0.2, 0) is 12.7 Å². The van der Waals surface area contributed by atoms with E-state index in [1.165, 1.54) is 30.3 Å². The van der Waals surface area contributed by atoms with Gasteiger partial charge in [-0.15, -0.1) is 0 Å². The maximum absolute atomic E-state index is 13.9. The molecule has 5 nitrogen and oxygen atoms in total. The van der Waals surface area contributed by atoms with E-state index in [4.69, 9.17) is 20.8 Å². The van der Waals surface area contributed by atoms with Crippen LogP contribution in [0.5, 0.6) is 17.2 Å². The fourth-order valence-electron chi connectivity index (χ4n) is 3.86. The van der Waals surface area contributed by atoms with Crippen molar-refractivity contribution in [2.45, 2.75) is 38.9 Å². The van der Waals surface area contributed by atoms with Crippen molar-refractivity contribution < 1.29 is 27.4 Å². The zero-order valence-corrected chi connectivity index (χ0v) is 18.0. The molecule has 0 radical (unpaired) electrons. The van der Waals surface area contributed by atoms with Crippen LogP contribution in [0.3, 0.4) is 0 Å². The minimum Gasteiger partial charge on any atom is -0.507 e. The second kappa shape index (κ2) is 8.67. The highest BCUT2D eigenvalue weighted by Crippen LogP contribution is 2.40. The second-order valence-corrected chi connectivity index (χ2v) is 8.28. The van der Waals surface area contributed by atoms with E-state index >= 15 is 0 Å². The van der Waals surface area contributed by atoms with E-state index in [0.717, 1.165) is 32.4 Å². The van der Waals surface area contributed by atoms with Crippen molar-refractivity contribution in [1.82, 2.24) is 4.90 Å². The molecule has 1 aliphatic rings. The highest BCUT2D eigenvalue weighted by Gasteiger charge is 2.41. The number of hydrogen-bond donors (Lipinski definition) is 1. The molecule has 0 spiro atoms. The number of aromatic hydroxyl groups is 1. The van der Waals surface area contributed by atoms with Gasteiger partial charge in [0.1, 0.15) is 17.1 Å². The molecule has 1 fully saturated rings. The van der Waals surface area contributed by atoms with Crippen LogP contribution >= 0.6 is 11.6 Å². The van der Waals surface area contributed by atoms with Crippen LogP contribution in [0.1, 0.15) is 36.1 Å². The Bertz CT molecular complexity index is 1220. The van der Waals surface area contributed by atoms with Crippen molar-refractivity contribution in [2.24, 2.45) is 0 Å². The van der Waals surface area contributed by atoms with E-state index in [2.05, 4.69) is 0 Å². The number of likely N-dealkylation sites (tertiary alicyclic amines) is 1. The number of piperidine rings is 1. The monoisotopic (exact) mass is 467 g/mol. The maximum Gasteiger partial charge on any atom is 0.453 e. The Kier molecular flexibility index (Phi) is 6.09. The Hall–Kier alpha value is -2.71. The molecular formula is C23H21ClF3NO4. The molecule has 0 atom stereocenters. The largest absolute Gasteiger partial charge is 0.507 e. The van der Waals surface area contributed by atoms with Gasteiger partial charge in [0, 0.05) is 11.6 Å². The molecular weight excluding hydrogens is 447 g/mol. The van der Waals surface area contributed by atoms with Crippen LogP contribution < -0.4 is 10.2 Å². The molecule has 1 saturated heterocycles. The molecule has 2 heterocycles. The number of aryl methyl sites for hydroxylation is 1. The van der Waals surface area contributed by atoms with Gasteiger partial charge in [0.2, 0.25) is 11.2 Å². The number of fused-ring (bicyclic) bond motifs is 1. The van der Waals surface area contributed by atoms with E-state index in [1.54, 1.807) is 6.92 Å². The van der Waals surface area contributed by atoms with Crippen LogP contribution in [0.2, 0.25) is 5.02 Å². The zero-order chi connectivity index (χ0) is 23.0. The molecule has 0 unspecified atom stereocenters. The molecule has 0 amide bonds. The van der Waals surface area contributed by atoms with E-state index < -0.39 is 23.1 Å². The van der Waals surface area contributed by atoms with Crippen molar-refractivity contribution in [1.29, 1.82) is 0 Å². The summed E-state index contributed by atoms with van der Waals surface area (Å²) in [6, 6.07) is 6.82. The summed E-state index contributed by atoms with van der Waals surface area (Å²) in [5.41, 5.74) is -0.517. The SMILES string of the molecule is Cc1cc(Oc2c(C(F)(F)F)oc3c(CN4CCCCC4)c(O)ccc3c2=O)ccc1Cl.